The van der Waals surface area contributed by atoms with Crippen molar-refractivity contribution in [3.63, 3.8) is 0 Å². The summed E-state index contributed by atoms with van der Waals surface area (Å²) in [6.45, 7) is 2.11. The number of rotatable bonds is 1. The molecule has 1 nitrogen and oxygen atoms in total. The lowest BCUT2D eigenvalue weighted by atomic mass is 10.2. The second kappa shape index (κ2) is 4.46. The topological polar surface area (TPSA) is 26.0 Å². The highest BCUT2D eigenvalue weighted by molar-refractivity contribution is 5.55. The predicted octanol–water partition coefficient (Wildman–Crippen LogP) is 2.42. The van der Waals surface area contributed by atoms with Crippen molar-refractivity contribution in [2.24, 2.45) is 0 Å². The first-order valence-electron chi connectivity index (χ1n) is 4.18. The standard InChI is InChI=1S/C11H13N/c1-2-3-4-7-10-8-5-6-9-11(10)12/h5-6,8-9H,2-3,12H2,1H3. The van der Waals surface area contributed by atoms with E-state index in [0.717, 1.165) is 24.1 Å². The molecule has 0 atom stereocenters. The molecular formula is C11H13N. The van der Waals surface area contributed by atoms with Crippen LogP contribution in [0, 0.1) is 11.8 Å². The molecule has 2 N–H and O–H groups in total. The van der Waals surface area contributed by atoms with Crippen molar-refractivity contribution >= 4 is 5.69 Å². The van der Waals surface area contributed by atoms with Crippen LogP contribution in [0.1, 0.15) is 25.3 Å². The molecule has 12 heavy (non-hydrogen) atoms. The third-order valence-electron chi connectivity index (χ3n) is 1.56. The third kappa shape index (κ3) is 2.32. The maximum Gasteiger partial charge on any atom is 0.0474 e. The first kappa shape index (κ1) is 8.67. The van der Waals surface area contributed by atoms with Crippen LogP contribution in [-0.2, 0) is 0 Å². The minimum Gasteiger partial charge on any atom is -0.398 e. The quantitative estimate of drug-likeness (QED) is 0.494. The third-order valence-corrected chi connectivity index (χ3v) is 1.56. The van der Waals surface area contributed by atoms with Gasteiger partial charge in [0.15, 0.2) is 0 Å². The Morgan fingerprint density at radius 2 is 2.08 bits per heavy atom. The molecule has 1 heteroatoms. The van der Waals surface area contributed by atoms with E-state index < -0.39 is 0 Å². The summed E-state index contributed by atoms with van der Waals surface area (Å²) in [5, 5.41) is 0. The Kier molecular flexibility index (Phi) is 3.22. The Morgan fingerprint density at radius 3 is 2.75 bits per heavy atom. The number of unbranched alkanes of at least 4 members (excludes halogenated alkanes) is 1. The molecule has 0 aliphatic heterocycles. The van der Waals surface area contributed by atoms with E-state index in [0.29, 0.717) is 0 Å². The van der Waals surface area contributed by atoms with Crippen molar-refractivity contribution in [1.82, 2.24) is 0 Å². The van der Waals surface area contributed by atoms with Gasteiger partial charge in [0.25, 0.3) is 0 Å². The number of para-hydroxylation sites is 1. The molecule has 0 aliphatic carbocycles. The highest BCUT2D eigenvalue weighted by atomic mass is 14.5. The highest BCUT2D eigenvalue weighted by Gasteiger charge is 1.89. The molecule has 1 rings (SSSR count). The molecule has 0 unspecified atom stereocenters. The lowest BCUT2D eigenvalue weighted by Crippen LogP contribution is -1.88. The summed E-state index contributed by atoms with van der Waals surface area (Å²) in [4.78, 5) is 0. The Balaban J connectivity index is 2.77. The van der Waals surface area contributed by atoms with E-state index in [1.807, 2.05) is 24.3 Å². The zero-order valence-electron chi connectivity index (χ0n) is 7.30. The Morgan fingerprint density at radius 1 is 1.33 bits per heavy atom. The molecule has 0 heterocycles. The van der Waals surface area contributed by atoms with Crippen molar-refractivity contribution in [1.29, 1.82) is 0 Å². The highest BCUT2D eigenvalue weighted by Crippen LogP contribution is 2.07. The summed E-state index contributed by atoms with van der Waals surface area (Å²) in [5.41, 5.74) is 7.40. The summed E-state index contributed by atoms with van der Waals surface area (Å²) < 4.78 is 0. The van der Waals surface area contributed by atoms with Crippen molar-refractivity contribution in [3.05, 3.63) is 29.8 Å². The van der Waals surface area contributed by atoms with E-state index in [-0.39, 0.29) is 0 Å². The Bertz CT molecular complexity index is 304. The SMILES string of the molecule is CCCC#Cc1ccccc1N. The first-order chi connectivity index (χ1) is 5.84. The minimum absolute atomic E-state index is 0.765. The summed E-state index contributed by atoms with van der Waals surface area (Å²) in [6, 6.07) is 7.68. The average molecular weight is 159 g/mol. The van der Waals surface area contributed by atoms with E-state index in [1.165, 1.54) is 0 Å². The predicted molar refractivity (Wildman–Crippen MR) is 52.6 cm³/mol. The van der Waals surface area contributed by atoms with Crippen molar-refractivity contribution in [2.45, 2.75) is 19.8 Å². The summed E-state index contributed by atoms with van der Waals surface area (Å²) >= 11 is 0. The molecule has 0 saturated heterocycles. The number of hydrogen-bond donors (Lipinski definition) is 1. The van der Waals surface area contributed by atoms with E-state index in [9.17, 15) is 0 Å². The van der Waals surface area contributed by atoms with E-state index in [4.69, 9.17) is 5.73 Å². The van der Waals surface area contributed by atoms with Gasteiger partial charge in [0, 0.05) is 17.7 Å². The fraction of sp³-hybridized carbons (Fsp3) is 0.273. The van der Waals surface area contributed by atoms with Crippen LogP contribution in [0.25, 0.3) is 0 Å². The molecule has 0 aliphatic rings. The molecular weight excluding hydrogens is 146 g/mol. The number of nitrogens with two attached hydrogens (primary N) is 1. The lowest BCUT2D eigenvalue weighted by Gasteiger charge is -1.94. The molecule has 1 aromatic carbocycles. The molecule has 0 fully saturated rings. The second-order valence-corrected chi connectivity index (χ2v) is 2.64. The molecule has 0 amide bonds. The largest absolute Gasteiger partial charge is 0.398 e. The minimum atomic E-state index is 0.765. The fourth-order valence-electron chi connectivity index (χ4n) is 0.894. The van der Waals surface area contributed by atoms with Gasteiger partial charge in [0.05, 0.1) is 0 Å². The van der Waals surface area contributed by atoms with Crippen LogP contribution in [0.4, 0.5) is 5.69 Å². The van der Waals surface area contributed by atoms with Crippen LogP contribution in [0.15, 0.2) is 24.3 Å². The molecule has 0 aromatic heterocycles. The van der Waals surface area contributed by atoms with E-state index >= 15 is 0 Å². The maximum atomic E-state index is 5.70. The average Bonchev–Trinajstić information content (AvgIpc) is 2.09. The summed E-state index contributed by atoms with van der Waals surface area (Å²) in [5.74, 6) is 6.10. The number of benzene rings is 1. The molecule has 0 bridgehead atoms. The summed E-state index contributed by atoms with van der Waals surface area (Å²) in [7, 11) is 0. The second-order valence-electron chi connectivity index (χ2n) is 2.64. The fourth-order valence-corrected chi connectivity index (χ4v) is 0.894. The monoisotopic (exact) mass is 159 g/mol. The molecule has 1 aromatic rings. The van der Waals surface area contributed by atoms with Gasteiger partial charge in [0.1, 0.15) is 0 Å². The van der Waals surface area contributed by atoms with Gasteiger partial charge in [0.2, 0.25) is 0 Å². The molecule has 0 saturated carbocycles. The van der Waals surface area contributed by atoms with Crippen LogP contribution < -0.4 is 5.73 Å². The van der Waals surface area contributed by atoms with Gasteiger partial charge in [-0.15, -0.1) is 0 Å². The van der Waals surface area contributed by atoms with Gasteiger partial charge >= 0.3 is 0 Å². The molecule has 0 radical (unpaired) electrons. The van der Waals surface area contributed by atoms with Crippen LogP contribution in [-0.4, -0.2) is 0 Å². The molecule has 62 valence electrons. The maximum absolute atomic E-state index is 5.70. The van der Waals surface area contributed by atoms with Gasteiger partial charge in [-0.1, -0.05) is 30.9 Å². The lowest BCUT2D eigenvalue weighted by molar-refractivity contribution is 0.983. The normalized spacial score (nSPS) is 8.75. The Hall–Kier alpha value is -1.42. The Labute approximate surface area is 73.6 Å². The zero-order chi connectivity index (χ0) is 8.81. The van der Waals surface area contributed by atoms with E-state index in [2.05, 4.69) is 18.8 Å². The smallest absolute Gasteiger partial charge is 0.0474 e. The van der Waals surface area contributed by atoms with Crippen LogP contribution >= 0.6 is 0 Å². The molecule has 0 spiro atoms. The van der Waals surface area contributed by atoms with Gasteiger partial charge in [-0.05, 0) is 18.6 Å². The van der Waals surface area contributed by atoms with Gasteiger partial charge in [-0.25, -0.2) is 0 Å². The van der Waals surface area contributed by atoms with Gasteiger partial charge in [-0.2, -0.15) is 0 Å². The first-order valence-corrected chi connectivity index (χ1v) is 4.18. The van der Waals surface area contributed by atoms with Crippen molar-refractivity contribution < 1.29 is 0 Å². The van der Waals surface area contributed by atoms with Gasteiger partial charge in [-0.3, -0.25) is 0 Å². The number of nitrogen functional groups attached to an aromatic ring is 1. The van der Waals surface area contributed by atoms with Crippen LogP contribution in [0.2, 0.25) is 0 Å². The van der Waals surface area contributed by atoms with Crippen molar-refractivity contribution in [2.75, 3.05) is 5.73 Å². The zero-order valence-corrected chi connectivity index (χ0v) is 7.30. The van der Waals surface area contributed by atoms with Crippen LogP contribution in [0.3, 0.4) is 0 Å². The van der Waals surface area contributed by atoms with Crippen LogP contribution in [0.5, 0.6) is 0 Å². The summed E-state index contributed by atoms with van der Waals surface area (Å²) in [6.07, 6.45) is 2.04. The van der Waals surface area contributed by atoms with Gasteiger partial charge < -0.3 is 5.73 Å². The van der Waals surface area contributed by atoms with E-state index in [1.54, 1.807) is 0 Å². The number of hydrogen-bond acceptors (Lipinski definition) is 1. The van der Waals surface area contributed by atoms with Crippen molar-refractivity contribution in [3.8, 4) is 11.8 Å². The number of anilines is 1.